The average Bonchev–Trinajstić information content (AvgIpc) is 2.85. The number of aliphatic carboxylic acids is 1. The molecule has 0 aromatic heterocycles. The van der Waals surface area contributed by atoms with Gasteiger partial charge in [0.05, 0.1) is 18.9 Å². The maximum absolute atomic E-state index is 12.3. The van der Waals surface area contributed by atoms with Crippen LogP contribution in [0.25, 0.3) is 0 Å². The normalized spacial score (nSPS) is 21.4. The van der Waals surface area contributed by atoms with E-state index in [2.05, 4.69) is 0 Å². The molecule has 0 radical (unpaired) electrons. The lowest BCUT2D eigenvalue weighted by Crippen LogP contribution is -2.35. The van der Waals surface area contributed by atoms with E-state index in [0.717, 1.165) is 16.9 Å². The van der Waals surface area contributed by atoms with Gasteiger partial charge in [-0.05, 0) is 37.5 Å². The number of nitrogens with zero attached hydrogens (tertiary/aromatic N) is 1. The van der Waals surface area contributed by atoms with E-state index in [-0.39, 0.29) is 18.9 Å². The van der Waals surface area contributed by atoms with Gasteiger partial charge >= 0.3 is 5.97 Å². The van der Waals surface area contributed by atoms with Crippen molar-refractivity contribution in [2.24, 2.45) is 5.41 Å². The number of carboxylic acid groups (broad SMARTS) is 1. The number of rotatable bonds is 4. The molecule has 1 amide bonds. The zero-order chi connectivity index (χ0) is 15.6. The molecule has 1 aliphatic rings. The number of amides is 1. The maximum atomic E-state index is 12.3. The van der Waals surface area contributed by atoms with Crippen LogP contribution in [-0.2, 0) is 16.0 Å². The van der Waals surface area contributed by atoms with Gasteiger partial charge in [-0.25, -0.2) is 0 Å². The number of hydrogen-bond acceptors (Lipinski definition) is 3. The Kier molecular flexibility index (Phi) is 4.21. The minimum absolute atomic E-state index is 0.0362. The molecule has 0 spiro atoms. The van der Waals surface area contributed by atoms with Gasteiger partial charge in [0.15, 0.2) is 0 Å². The van der Waals surface area contributed by atoms with Crippen molar-refractivity contribution in [3.05, 3.63) is 29.3 Å². The third kappa shape index (κ3) is 3.17. The summed E-state index contributed by atoms with van der Waals surface area (Å²) in [7, 11) is 1.60. The molecule has 0 saturated carbocycles. The summed E-state index contributed by atoms with van der Waals surface area (Å²) in [6, 6.07) is 5.69. The summed E-state index contributed by atoms with van der Waals surface area (Å²) in [6.45, 7) is 4.43. The summed E-state index contributed by atoms with van der Waals surface area (Å²) in [5, 5.41) is 9.21. The topological polar surface area (TPSA) is 66.8 Å². The number of aryl methyl sites for hydroxylation is 1. The number of likely N-dealkylation sites (tertiary alicyclic amines) is 1. The molecule has 5 heteroatoms. The van der Waals surface area contributed by atoms with Crippen LogP contribution in [0.2, 0.25) is 0 Å². The smallest absolute Gasteiger partial charge is 0.311 e. The van der Waals surface area contributed by atoms with E-state index in [4.69, 9.17) is 4.74 Å². The van der Waals surface area contributed by atoms with E-state index in [0.29, 0.717) is 13.0 Å². The van der Waals surface area contributed by atoms with Gasteiger partial charge in [0.25, 0.3) is 0 Å². The Morgan fingerprint density at radius 2 is 2.14 bits per heavy atom. The third-order valence-electron chi connectivity index (χ3n) is 4.17. The van der Waals surface area contributed by atoms with E-state index in [9.17, 15) is 14.7 Å². The fourth-order valence-corrected chi connectivity index (χ4v) is 2.61. The Morgan fingerprint density at radius 3 is 2.71 bits per heavy atom. The number of hydrogen-bond donors (Lipinski definition) is 1. The largest absolute Gasteiger partial charge is 0.496 e. The molecule has 2 rings (SSSR count). The number of ether oxygens (including phenoxy) is 1. The number of carboxylic acids is 1. The molecule has 114 valence electrons. The number of methoxy groups -OCH3 is 1. The van der Waals surface area contributed by atoms with Crippen molar-refractivity contribution in [1.29, 1.82) is 0 Å². The Labute approximate surface area is 124 Å². The summed E-state index contributed by atoms with van der Waals surface area (Å²) in [4.78, 5) is 25.2. The number of benzene rings is 1. The van der Waals surface area contributed by atoms with Gasteiger partial charge < -0.3 is 14.7 Å². The monoisotopic (exact) mass is 291 g/mol. The minimum Gasteiger partial charge on any atom is -0.496 e. The maximum Gasteiger partial charge on any atom is 0.311 e. The zero-order valence-corrected chi connectivity index (χ0v) is 12.7. The van der Waals surface area contributed by atoms with Gasteiger partial charge in [0.2, 0.25) is 5.91 Å². The lowest BCUT2D eigenvalue weighted by molar-refractivity contribution is -0.147. The van der Waals surface area contributed by atoms with Crippen molar-refractivity contribution in [3.63, 3.8) is 0 Å². The highest BCUT2D eigenvalue weighted by Crippen LogP contribution is 2.30. The fraction of sp³-hybridized carbons (Fsp3) is 0.500. The quantitative estimate of drug-likeness (QED) is 0.919. The van der Waals surface area contributed by atoms with Crippen molar-refractivity contribution < 1.29 is 19.4 Å². The summed E-state index contributed by atoms with van der Waals surface area (Å²) in [5.74, 6) is -0.113. The SMILES string of the molecule is COc1cc(CC(=O)N2CCC(C)(C(=O)O)C2)ccc1C. The molecule has 1 heterocycles. The lowest BCUT2D eigenvalue weighted by atomic mass is 9.90. The number of carbonyl (C=O) groups excluding carboxylic acids is 1. The van der Waals surface area contributed by atoms with E-state index < -0.39 is 11.4 Å². The second kappa shape index (κ2) is 5.76. The summed E-state index contributed by atoms with van der Waals surface area (Å²) >= 11 is 0. The second-order valence-corrected chi connectivity index (χ2v) is 5.91. The Morgan fingerprint density at radius 1 is 1.43 bits per heavy atom. The van der Waals surface area contributed by atoms with Gasteiger partial charge in [-0.3, -0.25) is 9.59 Å². The van der Waals surface area contributed by atoms with Crippen LogP contribution in [0, 0.1) is 12.3 Å². The van der Waals surface area contributed by atoms with Crippen molar-refractivity contribution in [2.75, 3.05) is 20.2 Å². The summed E-state index contributed by atoms with van der Waals surface area (Å²) < 4.78 is 5.25. The summed E-state index contributed by atoms with van der Waals surface area (Å²) in [6.07, 6.45) is 0.775. The first-order valence-corrected chi connectivity index (χ1v) is 7.00. The predicted molar refractivity (Wildman–Crippen MR) is 78.4 cm³/mol. The number of carbonyl (C=O) groups is 2. The van der Waals surface area contributed by atoms with Gasteiger partial charge in [0, 0.05) is 13.1 Å². The van der Waals surface area contributed by atoms with Gasteiger partial charge in [-0.1, -0.05) is 12.1 Å². The first-order valence-electron chi connectivity index (χ1n) is 7.00. The van der Waals surface area contributed by atoms with Gasteiger partial charge in [-0.2, -0.15) is 0 Å². The molecule has 21 heavy (non-hydrogen) atoms. The molecule has 1 fully saturated rings. The first kappa shape index (κ1) is 15.4. The van der Waals surface area contributed by atoms with E-state index >= 15 is 0 Å². The highest BCUT2D eigenvalue weighted by Gasteiger charge is 2.41. The Bertz CT molecular complexity index is 569. The lowest BCUT2D eigenvalue weighted by Gasteiger charge is -2.20. The van der Waals surface area contributed by atoms with Crippen LogP contribution in [0.3, 0.4) is 0 Å². The highest BCUT2D eigenvalue weighted by molar-refractivity contribution is 5.82. The highest BCUT2D eigenvalue weighted by atomic mass is 16.5. The van der Waals surface area contributed by atoms with Crippen molar-refractivity contribution >= 4 is 11.9 Å². The molecular formula is C16H21NO4. The molecule has 1 unspecified atom stereocenters. The van der Waals surface area contributed by atoms with Crippen molar-refractivity contribution in [2.45, 2.75) is 26.7 Å². The van der Waals surface area contributed by atoms with Crippen LogP contribution in [0.1, 0.15) is 24.5 Å². The second-order valence-electron chi connectivity index (χ2n) is 5.91. The molecule has 1 aromatic rings. The standard InChI is InChI=1S/C16H21NO4/c1-11-4-5-12(8-13(11)21-3)9-14(18)17-7-6-16(2,10-17)15(19)20/h4-5,8H,6-7,9-10H2,1-3H3,(H,19,20). The Hall–Kier alpha value is -2.04. The van der Waals surface area contributed by atoms with E-state index in [1.54, 1.807) is 18.9 Å². The molecular weight excluding hydrogens is 270 g/mol. The van der Waals surface area contributed by atoms with Crippen molar-refractivity contribution in [3.8, 4) is 5.75 Å². The third-order valence-corrected chi connectivity index (χ3v) is 4.17. The van der Waals surface area contributed by atoms with Crippen LogP contribution in [0.15, 0.2) is 18.2 Å². The molecule has 0 aliphatic carbocycles. The van der Waals surface area contributed by atoms with Crippen LogP contribution in [-0.4, -0.2) is 42.1 Å². The minimum atomic E-state index is -0.838. The first-order chi connectivity index (χ1) is 9.85. The molecule has 0 bridgehead atoms. The van der Waals surface area contributed by atoms with E-state index in [1.165, 1.54) is 0 Å². The van der Waals surface area contributed by atoms with Crippen LogP contribution in [0.5, 0.6) is 5.75 Å². The zero-order valence-electron chi connectivity index (χ0n) is 12.7. The summed E-state index contributed by atoms with van der Waals surface area (Å²) in [5.41, 5.74) is 1.08. The molecule has 1 N–H and O–H groups in total. The molecule has 1 aromatic carbocycles. The average molecular weight is 291 g/mol. The van der Waals surface area contributed by atoms with E-state index in [1.807, 2.05) is 25.1 Å². The molecule has 1 atom stereocenters. The fourth-order valence-electron chi connectivity index (χ4n) is 2.61. The van der Waals surface area contributed by atoms with Crippen LogP contribution in [0.4, 0.5) is 0 Å². The molecule has 5 nitrogen and oxygen atoms in total. The Balaban J connectivity index is 2.04. The molecule has 1 saturated heterocycles. The van der Waals surface area contributed by atoms with Crippen LogP contribution >= 0.6 is 0 Å². The van der Waals surface area contributed by atoms with Gasteiger partial charge in [0.1, 0.15) is 5.75 Å². The van der Waals surface area contributed by atoms with Gasteiger partial charge in [-0.15, -0.1) is 0 Å². The molecule has 1 aliphatic heterocycles. The predicted octanol–water partition coefficient (Wildman–Crippen LogP) is 1.87. The van der Waals surface area contributed by atoms with Crippen molar-refractivity contribution in [1.82, 2.24) is 4.90 Å². The van der Waals surface area contributed by atoms with Crippen LogP contribution < -0.4 is 4.74 Å².